The lowest BCUT2D eigenvalue weighted by molar-refractivity contribution is 0.447. The predicted molar refractivity (Wildman–Crippen MR) is 84.4 cm³/mol. The maximum Gasteiger partial charge on any atom is 0.194 e. The predicted octanol–water partition coefficient (Wildman–Crippen LogP) is 5.46. The number of rotatable bonds is 8. The van der Waals surface area contributed by atoms with E-state index in [0.717, 1.165) is 30.5 Å². The van der Waals surface area contributed by atoms with Gasteiger partial charge >= 0.3 is 0 Å². The summed E-state index contributed by atoms with van der Waals surface area (Å²) in [7, 11) is 0. The third-order valence-corrected chi connectivity index (χ3v) is 3.77. The molecule has 2 nitrogen and oxygen atoms in total. The molecule has 0 aliphatic rings. The summed E-state index contributed by atoms with van der Waals surface area (Å²) in [5.74, 6) is -3.76. The van der Waals surface area contributed by atoms with Gasteiger partial charge in [-0.2, -0.15) is 0 Å². The molecule has 23 heavy (non-hydrogen) atoms. The number of hydrogen-bond acceptors (Lipinski definition) is 2. The van der Waals surface area contributed by atoms with Crippen LogP contribution in [0.2, 0.25) is 0 Å². The molecule has 1 aromatic heterocycles. The van der Waals surface area contributed by atoms with E-state index in [0.29, 0.717) is 0 Å². The van der Waals surface area contributed by atoms with Crippen molar-refractivity contribution >= 4 is 0 Å². The van der Waals surface area contributed by atoms with Crippen LogP contribution in [0.1, 0.15) is 51.0 Å². The molecule has 0 saturated heterocycles. The highest BCUT2D eigenvalue weighted by atomic mass is 19.2. The van der Waals surface area contributed by atoms with Crippen LogP contribution in [-0.2, 0) is 6.42 Å². The molecule has 0 radical (unpaired) electrons. The van der Waals surface area contributed by atoms with Crippen LogP contribution >= 0.6 is 0 Å². The highest BCUT2D eigenvalue weighted by molar-refractivity contribution is 5.54. The molecule has 0 unspecified atom stereocenters. The highest BCUT2D eigenvalue weighted by Crippen LogP contribution is 2.21. The Labute approximate surface area is 134 Å². The second-order valence-electron chi connectivity index (χ2n) is 5.69. The number of halogens is 3. The molecule has 2 aromatic rings. The van der Waals surface area contributed by atoms with Crippen LogP contribution in [0.15, 0.2) is 24.5 Å². The van der Waals surface area contributed by atoms with Gasteiger partial charge < -0.3 is 0 Å². The zero-order chi connectivity index (χ0) is 16.7. The third-order valence-electron chi connectivity index (χ3n) is 3.77. The Balaban J connectivity index is 1.92. The van der Waals surface area contributed by atoms with Crippen molar-refractivity contribution in [2.24, 2.45) is 0 Å². The van der Waals surface area contributed by atoms with Crippen LogP contribution in [-0.4, -0.2) is 9.97 Å². The van der Waals surface area contributed by atoms with Crippen LogP contribution in [0.3, 0.4) is 0 Å². The number of nitrogens with zero attached hydrogens (tertiary/aromatic N) is 2. The molecule has 0 fully saturated rings. The Bertz CT molecular complexity index is 604. The molecule has 0 bridgehead atoms. The first-order chi connectivity index (χ1) is 11.1. The molecular weight excluding hydrogens is 301 g/mol. The lowest BCUT2D eigenvalue weighted by atomic mass is 10.1. The summed E-state index contributed by atoms with van der Waals surface area (Å²) in [6.45, 7) is 2.19. The van der Waals surface area contributed by atoms with Crippen LogP contribution in [0.4, 0.5) is 13.2 Å². The van der Waals surface area contributed by atoms with Gasteiger partial charge in [0, 0.05) is 18.0 Å². The summed E-state index contributed by atoms with van der Waals surface area (Å²) in [4.78, 5) is 8.24. The first-order valence-electron chi connectivity index (χ1n) is 8.07. The van der Waals surface area contributed by atoms with Crippen molar-refractivity contribution in [3.05, 3.63) is 47.5 Å². The van der Waals surface area contributed by atoms with Gasteiger partial charge in [-0.1, -0.05) is 39.0 Å². The molecule has 0 aliphatic carbocycles. The number of hydrogen-bond donors (Lipinski definition) is 0. The van der Waals surface area contributed by atoms with E-state index < -0.39 is 17.5 Å². The summed E-state index contributed by atoms with van der Waals surface area (Å²) in [6, 6.07) is 1.81. The molecule has 1 aromatic carbocycles. The molecule has 1 heterocycles. The van der Waals surface area contributed by atoms with Gasteiger partial charge in [0.1, 0.15) is 0 Å². The third kappa shape index (κ3) is 5.05. The van der Waals surface area contributed by atoms with Crippen LogP contribution in [0.5, 0.6) is 0 Å². The smallest absolute Gasteiger partial charge is 0.194 e. The van der Waals surface area contributed by atoms with Gasteiger partial charge in [-0.25, -0.2) is 23.1 Å². The van der Waals surface area contributed by atoms with E-state index in [2.05, 4.69) is 16.9 Å². The second-order valence-corrected chi connectivity index (χ2v) is 5.69. The molecule has 0 amide bonds. The lowest BCUT2D eigenvalue weighted by Gasteiger charge is -2.04. The standard InChI is InChI=1S/C18H21F3N2/c1-2-3-4-5-6-7-8-13-11-22-18(23-12-13)14-9-15(19)17(21)16(20)10-14/h9-12H,2-8H2,1H3. The zero-order valence-electron chi connectivity index (χ0n) is 13.3. The van der Waals surface area contributed by atoms with E-state index in [4.69, 9.17) is 0 Å². The maximum absolute atomic E-state index is 13.2. The highest BCUT2D eigenvalue weighted by Gasteiger charge is 2.13. The van der Waals surface area contributed by atoms with Crippen molar-refractivity contribution in [1.29, 1.82) is 0 Å². The zero-order valence-corrected chi connectivity index (χ0v) is 13.3. The van der Waals surface area contributed by atoms with Crippen molar-refractivity contribution in [3.8, 4) is 11.4 Å². The lowest BCUT2D eigenvalue weighted by Crippen LogP contribution is -1.96. The summed E-state index contributed by atoms with van der Waals surface area (Å²) >= 11 is 0. The number of benzene rings is 1. The van der Waals surface area contributed by atoms with Gasteiger partial charge in [-0.15, -0.1) is 0 Å². The molecule has 124 valence electrons. The number of aryl methyl sites for hydroxylation is 1. The van der Waals surface area contributed by atoms with E-state index >= 15 is 0 Å². The molecule has 0 atom stereocenters. The van der Waals surface area contributed by atoms with Crippen molar-refractivity contribution in [2.45, 2.75) is 51.9 Å². The van der Waals surface area contributed by atoms with Gasteiger partial charge in [0.05, 0.1) is 0 Å². The van der Waals surface area contributed by atoms with Crippen molar-refractivity contribution in [1.82, 2.24) is 9.97 Å². The first-order valence-corrected chi connectivity index (χ1v) is 8.07. The SMILES string of the molecule is CCCCCCCCc1cnc(-c2cc(F)c(F)c(F)c2)nc1. The van der Waals surface area contributed by atoms with Crippen molar-refractivity contribution in [2.75, 3.05) is 0 Å². The fourth-order valence-corrected chi connectivity index (χ4v) is 2.43. The van der Waals surface area contributed by atoms with Crippen LogP contribution in [0, 0.1) is 17.5 Å². The largest absolute Gasteiger partial charge is 0.236 e. The fourth-order valence-electron chi connectivity index (χ4n) is 2.43. The van der Waals surface area contributed by atoms with Gasteiger partial charge in [-0.05, 0) is 30.5 Å². The first kappa shape index (κ1) is 17.4. The molecular formula is C18H21F3N2. The Morgan fingerprint density at radius 2 is 1.39 bits per heavy atom. The Kier molecular flexibility index (Phi) is 6.56. The van der Waals surface area contributed by atoms with E-state index in [1.54, 1.807) is 12.4 Å². The summed E-state index contributed by atoms with van der Waals surface area (Å²) in [5.41, 5.74) is 1.12. The normalized spacial score (nSPS) is 11.0. The fraction of sp³-hybridized carbons (Fsp3) is 0.444. The quantitative estimate of drug-likeness (QED) is 0.476. The van der Waals surface area contributed by atoms with Crippen molar-refractivity contribution in [3.63, 3.8) is 0 Å². The Morgan fingerprint density at radius 3 is 2.00 bits per heavy atom. The second kappa shape index (κ2) is 8.65. The van der Waals surface area contributed by atoms with Gasteiger partial charge in [0.2, 0.25) is 0 Å². The van der Waals surface area contributed by atoms with Gasteiger partial charge in [0.25, 0.3) is 0 Å². The van der Waals surface area contributed by atoms with Crippen LogP contribution < -0.4 is 0 Å². The van der Waals surface area contributed by atoms with E-state index in [1.165, 1.54) is 32.1 Å². The average Bonchev–Trinajstić information content (AvgIpc) is 2.56. The van der Waals surface area contributed by atoms with Crippen LogP contribution in [0.25, 0.3) is 11.4 Å². The minimum Gasteiger partial charge on any atom is -0.236 e. The average molecular weight is 322 g/mol. The topological polar surface area (TPSA) is 25.8 Å². The number of aromatic nitrogens is 2. The monoisotopic (exact) mass is 322 g/mol. The summed E-state index contributed by atoms with van der Waals surface area (Å²) < 4.78 is 39.4. The van der Waals surface area contributed by atoms with Crippen molar-refractivity contribution < 1.29 is 13.2 Å². The molecule has 0 spiro atoms. The molecule has 0 N–H and O–H groups in total. The van der Waals surface area contributed by atoms with E-state index in [1.807, 2.05) is 0 Å². The molecule has 2 rings (SSSR count). The molecule has 5 heteroatoms. The minimum absolute atomic E-state index is 0.132. The number of unbranched alkanes of at least 4 members (excludes halogenated alkanes) is 5. The van der Waals surface area contributed by atoms with Gasteiger partial charge in [0.15, 0.2) is 23.3 Å². The Hall–Kier alpha value is -1.91. The maximum atomic E-state index is 13.2. The summed E-state index contributed by atoms with van der Waals surface area (Å²) in [5, 5.41) is 0. The molecule has 0 saturated carbocycles. The van der Waals surface area contributed by atoms with E-state index in [-0.39, 0.29) is 11.4 Å². The molecule has 0 aliphatic heterocycles. The Morgan fingerprint density at radius 1 is 0.826 bits per heavy atom. The minimum atomic E-state index is -1.48. The van der Waals surface area contributed by atoms with Gasteiger partial charge in [-0.3, -0.25) is 0 Å². The van der Waals surface area contributed by atoms with E-state index in [9.17, 15) is 13.2 Å². The summed E-state index contributed by atoms with van der Waals surface area (Å²) in [6.07, 6.45) is 11.5.